The Balaban J connectivity index is 2.00. The summed E-state index contributed by atoms with van der Waals surface area (Å²) in [5.41, 5.74) is 3.86. The van der Waals surface area contributed by atoms with E-state index in [0.29, 0.717) is 23.7 Å². The zero-order chi connectivity index (χ0) is 12.8. The van der Waals surface area contributed by atoms with E-state index in [1.165, 1.54) is 0 Å². The molecule has 18 heavy (non-hydrogen) atoms. The van der Waals surface area contributed by atoms with Gasteiger partial charge >= 0.3 is 0 Å². The van der Waals surface area contributed by atoms with Gasteiger partial charge in [0.15, 0.2) is 0 Å². The van der Waals surface area contributed by atoms with Gasteiger partial charge in [-0.15, -0.1) is 0 Å². The van der Waals surface area contributed by atoms with Gasteiger partial charge in [0.1, 0.15) is 18.2 Å². The second-order valence-electron chi connectivity index (χ2n) is 3.58. The minimum absolute atomic E-state index is 0.349. The Kier molecular flexibility index (Phi) is 3.74. The van der Waals surface area contributed by atoms with Gasteiger partial charge in [0.25, 0.3) is 0 Å². The molecule has 1 heterocycles. The number of nitriles is 1. The van der Waals surface area contributed by atoms with Crippen LogP contribution in [0.2, 0.25) is 0 Å². The summed E-state index contributed by atoms with van der Waals surface area (Å²) in [6.45, 7) is 0.349. The summed E-state index contributed by atoms with van der Waals surface area (Å²) >= 11 is 0. The molecular weight excluding hydrogens is 228 g/mol. The van der Waals surface area contributed by atoms with Crippen molar-refractivity contribution in [2.75, 3.05) is 5.43 Å². The predicted molar refractivity (Wildman–Crippen MR) is 67.5 cm³/mol. The fourth-order valence-electron chi connectivity index (χ4n) is 1.42. The van der Waals surface area contributed by atoms with Gasteiger partial charge in [0, 0.05) is 0 Å². The van der Waals surface area contributed by atoms with Gasteiger partial charge in [-0.05, 0) is 36.4 Å². The van der Waals surface area contributed by atoms with Crippen LogP contribution >= 0.6 is 0 Å². The molecular formula is C13H12N4O. The average Bonchev–Trinajstić information content (AvgIpc) is 2.46. The maximum atomic E-state index is 8.67. The number of hydrazine groups is 1. The summed E-state index contributed by atoms with van der Waals surface area (Å²) in [6.07, 6.45) is 0. The number of benzene rings is 1. The monoisotopic (exact) mass is 240 g/mol. The van der Waals surface area contributed by atoms with Crippen molar-refractivity contribution >= 4 is 5.82 Å². The number of hydrogen-bond donors (Lipinski definition) is 2. The van der Waals surface area contributed by atoms with E-state index in [1.54, 1.807) is 30.3 Å². The fraction of sp³-hybridized carbons (Fsp3) is 0.0769. The average molecular weight is 240 g/mol. The molecule has 0 aliphatic rings. The molecule has 0 fully saturated rings. The molecule has 0 amide bonds. The van der Waals surface area contributed by atoms with Gasteiger partial charge in [-0.1, -0.05) is 6.07 Å². The summed E-state index contributed by atoms with van der Waals surface area (Å²) < 4.78 is 5.55. The quantitative estimate of drug-likeness (QED) is 0.629. The second kappa shape index (κ2) is 5.66. The third kappa shape index (κ3) is 2.97. The van der Waals surface area contributed by atoms with Crippen LogP contribution in [-0.2, 0) is 6.61 Å². The summed E-state index contributed by atoms with van der Waals surface area (Å²) in [4.78, 5) is 4.23. The number of anilines is 1. The third-order valence-electron chi connectivity index (χ3n) is 2.32. The maximum absolute atomic E-state index is 8.67. The molecule has 0 aliphatic heterocycles. The van der Waals surface area contributed by atoms with E-state index >= 15 is 0 Å². The minimum atomic E-state index is 0.349. The van der Waals surface area contributed by atoms with Crippen molar-refractivity contribution < 1.29 is 4.74 Å². The van der Waals surface area contributed by atoms with Crippen molar-refractivity contribution in [3.63, 3.8) is 0 Å². The van der Waals surface area contributed by atoms with Crippen LogP contribution < -0.4 is 16.0 Å². The molecule has 1 aromatic carbocycles. The molecule has 1 aromatic heterocycles. The molecule has 0 saturated heterocycles. The van der Waals surface area contributed by atoms with Gasteiger partial charge in [-0.3, -0.25) is 0 Å². The van der Waals surface area contributed by atoms with Crippen molar-refractivity contribution in [1.82, 2.24) is 4.98 Å². The van der Waals surface area contributed by atoms with E-state index < -0.39 is 0 Å². The molecule has 3 N–H and O–H groups in total. The highest BCUT2D eigenvalue weighted by atomic mass is 16.5. The van der Waals surface area contributed by atoms with Crippen LogP contribution in [0.4, 0.5) is 5.82 Å². The van der Waals surface area contributed by atoms with E-state index in [2.05, 4.69) is 16.5 Å². The Morgan fingerprint density at radius 3 is 2.67 bits per heavy atom. The summed E-state index contributed by atoms with van der Waals surface area (Å²) in [6, 6.07) is 14.4. The van der Waals surface area contributed by atoms with E-state index in [4.69, 9.17) is 15.8 Å². The molecule has 5 heteroatoms. The normalized spacial score (nSPS) is 9.56. The van der Waals surface area contributed by atoms with Crippen LogP contribution in [0, 0.1) is 11.3 Å². The Morgan fingerprint density at radius 2 is 2.00 bits per heavy atom. The topological polar surface area (TPSA) is 84.0 Å². The van der Waals surface area contributed by atoms with Crippen LogP contribution in [0.5, 0.6) is 5.75 Å². The lowest BCUT2D eigenvalue weighted by Gasteiger charge is -2.06. The van der Waals surface area contributed by atoms with Gasteiger partial charge < -0.3 is 10.2 Å². The number of nitrogens with zero attached hydrogens (tertiary/aromatic N) is 2. The van der Waals surface area contributed by atoms with Crippen molar-refractivity contribution in [1.29, 1.82) is 5.26 Å². The lowest BCUT2D eigenvalue weighted by molar-refractivity contribution is 0.301. The van der Waals surface area contributed by atoms with Crippen molar-refractivity contribution in [2.45, 2.75) is 6.61 Å². The maximum Gasteiger partial charge on any atom is 0.140 e. The molecule has 0 spiro atoms. The first kappa shape index (κ1) is 11.9. The number of pyridine rings is 1. The molecule has 0 atom stereocenters. The molecule has 2 rings (SSSR count). The number of nitrogens with one attached hydrogen (secondary N) is 1. The first-order valence-electron chi connectivity index (χ1n) is 5.37. The number of ether oxygens (including phenoxy) is 1. The van der Waals surface area contributed by atoms with Crippen LogP contribution in [0.1, 0.15) is 11.3 Å². The molecule has 0 radical (unpaired) electrons. The Hall–Kier alpha value is -2.58. The molecule has 0 aliphatic carbocycles. The van der Waals surface area contributed by atoms with Crippen LogP contribution in [0.15, 0.2) is 42.5 Å². The zero-order valence-corrected chi connectivity index (χ0v) is 9.63. The number of nitrogens with two attached hydrogens (primary N) is 1. The Morgan fingerprint density at radius 1 is 1.22 bits per heavy atom. The zero-order valence-electron chi connectivity index (χ0n) is 9.63. The summed E-state index contributed by atoms with van der Waals surface area (Å²) in [5.74, 6) is 6.56. The van der Waals surface area contributed by atoms with E-state index in [0.717, 1.165) is 5.69 Å². The fourth-order valence-corrected chi connectivity index (χ4v) is 1.42. The van der Waals surface area contributed by atoms with Crippen molar-refractivity contribution in [2.24, 2.45) is 5.84 Å². The lowest BCUT2D eigenvalue weighted by atomic mass is 10.2. The van der Waals surface area contributed by atoms with Gasteiger partial charge in [0.05, 0.1) is 17.3 Å². The number of nitrogen functional groups attached to an aromatic ring is 1. The number of hydrogen-bond acceptors (Lipinski definition) is 5. The Bertz CT molecular complexity index is 560. The van der Waals surface area contributed by atoms with Crippen LogP contribution in [0.25, 0.3) is 0 Å². The minimum Gasteiger partial charge on any atom is -0.487 e. The molecule has 2 aromatic rings. The smallest absolute Gasteiger partial charge is 0.140 e. The largest absolute Gasteiger partial charge is 0.487 e. The summed E-state index contributed by atoms with van der Waals surface area (Å²) in [5, 5.41) is 8.67. The van der Waals surface area contributed by atoms with Gasteiger partial charge in [-0.2, -0.15) is 5.26 Å². The first-order valence-corrected chi connectivity index (χ1v) is 5.37. The van der Waals surface area contributed by atoms with E-state index in [-0.39, 0.29) is 0 Å². The molecule has 0 unspecified atom stereocenters. The van der Waals surface area contributed by atoms with E-state index in [9.17, 15) is 0 Å². The molecule has 90 valence electrons. The van der Waals surface area contributed by atoms with Crippen LogP contribution in [-0.4, -0.2) is 4.98 Å². The highest BCUT2D eigenvalue weighted by Crippen LogP contribution is 2.13. The molecule has 5 nitrogen and oxygen atoms in total. The molecule has 0 saturated carbocycles. The van der Waals surface area contributed by atoms with E-state index in [1.807, 2.05) is 12.1 Å². The van der Waals surface area contributed by atoms with Crippen molar-refractivity contribution in [3.8, 4) is 11.8 Å². The highest BCUT2D eigenvalue weighted by Gasteiger charge is 1.99. The van der Waals surface area contributed by atoms with Gasteiger partial charge in [-0.25, -0.2) is 10.8 Å². The first-order chi connectivity index (χ1) is 8.81. The predicted octanol–water partition coefficient (Wildman–Crippen LogP) is 1.82. The standard InChI is InChI=1S/C13H12N4O/c14-8-10-4-6-12(7-5-10)18-9-11-2-1-3-13(16-11)17-15/h1-7H,9,15H2,(H,16,17). The number of rotatable bonds is 4. The second-order valence-corrected chi connectivity index (χ2v) is 3.58. The third-order valence-corrected chi connectivity index (χ3v) is 2.32. The Labute approximate surface area is 105 Å². The van der Waals surface area contributed by atoms with Crippen LogP contribution in [0.3, 0.4) is 0 Å². The van der Waals surface area contributed by atoms with Gasteiger partial charge in [0.2, 0.25) is 0 Å². The number of aromatic nitrogens is 1. The lowest BCUT2D eigenvalue weighted by Crippen LogP contribution is -2.09. The van der Waals surface area contributed by atoms with Crippen molar-refractivity contribution in [3.05, 3.63) is 53.7 Å². The summed E-state index contributed by atoms with van der Waals surface area (Å²) in [7, 11) is 0. The SMILES string of the molecule is N#Cc1ccc(OCc2cccc(NN)n2)cc1. The highest BCUT2D eigenvalue weighted by molar-refractivity contribution is 5.35. The molecule has 0 bridgehead atoms.